The molecule has 336 valence electrons. The van der Waals surface area contributed by atoms with Crippen molar-refractivity contribution in [1.29, 1.82) is 0 Å². The normalized spacial score (nSPS) is 18.8. The Morgan fingerprint density at radius 3 is 0.906 bits per heavy atom. The van der Waals surface area contributed by atoms with E-state index >= 15 is 0 Å². The number of allylic oxidation sites excluding steroid dienone is 12. The maximum absolute atomic E-state index is 2.60. The van der Waals surface area contributed by atoms with Gasteiger partial charge in [-0.3, -0.25) is 0 Å². The van der Waals surface area contributed by atoms with Gasteiger partial charge in [-0.2, -0.15) is 0 Å². The summed E-state index contributed by atoms with van der Waals surface area (Å²) < 4.78 is 0. The lowest BCUT2D eigenvalue weighted by atomic mass is 9.82. The fourth-order valence-corrected chi connectivity index (χ4v) is 20.3. The Balaban J connectivity index is 0.000000191. The Labute approximate surface area is 392 Å². The molecule has 0 amide bonds. The summed E-state index contributed by atoms with van der Waals surface area (Å²) in [6, 6.07) is 18.8. The van der Waals surface area contributed by atoms with Gasteiger partial charge in [0.15, 0.2) is 0 Å². The average molecular weight is 881 g/mol. The highest BCUT2D eigenvalue weighted by molar-refractivity contribution is 6.82. The molecule has 0 saturated carbocycles. The predicted octanol–water partition coefficient (Wildman–Crippen LogP) is 18.4. The molecule has 4 aromatic rings. The lowest BCUT2D eigenvalue weighted by Crippen LogP contribution is -2.39. The third kappa shape index (κ3) is 7.87. The largest absolute Gasteiger partial charge is 0.0803 e. The number of fused-ring (bicyclic) bond motifs is 2. The van der Waals surface area contributed by atoms with Crippen LogP contribution in [0.25, 0.3) is 33.4 Å². The third-order valence-electron chi connectivity index (χ3n) is 17.0. The molecule has 0 spiro atoms. The van der Waals surface area contributed by atoms with Crippen LogP contribution in [0.3, 0.4) is 0 Å². The van der Waals surface area contributed by atoms with Crippen LogP contribution < -0.4 is 0 Å². The minimum absolute atomic E-state index is 0.175. The molecule has 0 N–H and O–H groups in total. The maximum Gasteiger partial charge on any atom is 0.0710 e. The first kappa shape index (κ1) is 47.7. The van der Waals surface area contributed by atoms with Crippen molar-refractivity contribution in [3.8, 4) is 22.3 Å². The SMILES string of the molecule is CC1=C(C)C([Si](C)(C)C2C=CC=C2)c2c(C)c(C)c(C)c(-c3ccc(C(C)(C)C)cc3)c21.CC1=C(C)C([Si](C)(C)C2C=CC=C2)c2c(C)c(C)c(C)c(-c3ccc(C(C)(C)C)cc3)c21. The van der Waals surface area contributed by atoms with E-state index in [2.05, 4.69) is 234 Å². The van der Waals surface area contributed by atoms with E-state index in [1.165, 1.54) is 89.0 Å². The van der Waals surface area contributed by atoms with E-state index < -0.39 is 16.1 Å². The maximum atomic E-state index is 2.60. The molecule has 0 radical (unpaired) electrons. The van der Waals surface area contributed by atoms with Gasteiger partial charge in [0.05, 0.1) is 16.1 Å². The molecule has 2 atom stereocenters. The summed E-state index contributed by atoms with van der Waals surface area (Å²) in [7, 11) is -3.31. The summed E-state index contributed by atoms with van der Waals surface area (Å²) >= 11 is 0. The lowest BCUT2D eigenvalue weighted by Gasteiger charge is -2.37. The van der Waals surface area contributed by atoms with Crippen LogP contribution in [0.1, 0.15) is 147 Å². The van der Waals surface area contributed by atoms with E-state index in [9.17, 15) is 0 Å². The highest BCUT2D eigenvalue weighted by atomic mass is 28.3. The quantitative estimate of drug-likeness (QED) is 0.169. The fraction of sp³-hybridized carbons (Fsp3) is 0.419. The van der Waals surface area contributed by atoms with Crippen LogP contribution in [0.5, 0.6) is 0 Å². The van der Waals surface area contributed by atoms with Crippen LogP contribution in [-0.4, -0.2) is 16.1 Å². The molecular formula is C62H80Si2. The first-order chi connectivity index (χ1) is 29.7. The summed E-state index contributed by atoms with van der Waals surface area (Å²) in [4.78, 5) is 0. The minimum atomic E-state index is -1.65. The first-order valence-electron chi connectivity index (χ1n) is 24.3. The van der Waals surface area contributed by atoms with Gasteiger partial charge in [0, 0.05) is 11.1 Å². The standard InChI is InChI=1S/2C31H40Si/c2*1-19-20(2)27(24-15-17-25(18-16-24)31(6,7)8)28-22(4)23(5)30(29(28)21(19)3)32(9,10)26-13-11-12-14-26/h2*11-18,26,30H,1-10H3. The Morgan fingerprint density at radius 2 is 0.641 bits per heavy atom. The zero-order valence-electron chi connectivity index (χ0n) is 43.5. The molecule has 0 bridgehead atoms. The van der Waals surface area contributed by atoms with E-state index in [1.54, 1.807) is 22.3 Å². The average Bonchev–Trinajstić information content (AvgIpc) is 4.06. The Bertz CT molecular complexity index is 2490. The zero-order valence-corrected chi connectivity index (χ0v) is 45.5. The van der Waals surface area contributed by atoms with Gasteiger partial charge in [-0.15, -0.1) is 0 Å². The Hall–Kier alpha value is -4.25. The summed E-state index contributed by atoms with van der Waals surface area (Å²) in [6.45, 7) is 47.8. The monoisotopic (exact) mass is 881 g/mol. The Morgan fingerprint density at radius 1 is 0.359 bits per heavy atom. The summed E-state index contributed by atoms with van der Waals surface area (Å²) in [6.07, 6.45) is 18.7. The zero-order chi connectivity index (χ0) is 47.2. The molecule has 8 rings (SSSR count). The van der Waals surface area contributed by atoms with Gasteiger partial charge < -0.3 is 0 Å². The molecule has 0 aliphatic heterocycles. The summed E-state index contributed by atoms with van der Waals surface area (Å²) in [5.74, 6) is 0. The topological polar surface area (TPSA) is 0 Å². The second kappa shape index (κ2) is 16.9. The second-order valence-electron chi connectivity index (χ2n) is 23.4. The van der Waals surface area contributed by atoms with Crippen molar-refractivity contribution in [3.63, 3.8) is 0 Å². The van der Waals surface area contributed by atoms with Crippen LogP contribution in [-0.2, 0) is 10.8 Å². The molecule has 0 heterocycles. The summed E-state index contributed by atoms with van der Waals surface area (Å²) in [5.41, 5.74) is 32.5. The van der Waals surface area contributed by atoms with Gasteiger partial charge >= 0.3 is 0 Å². The molecule has 0 saturated heterocycles. The van der Waals surface area contributed by atoms with Crippen LogP contribution in [0.2, 0.25) is 37.3 Å². The highest BCUT2D eigenvalue weighted by Gasteiger charge is 2.47. The second-order valence-corrected chi connectivity index (χ2v) is 33.2. The van der Waals surface area contributed by atoms with Gasteiger partial charge in [0.25, 0.3) is 0 Å². The highest BCUT2D eigenvalue weighted by Crippen LogP contribution is 2.57. The van der Waals surface area contributed by atoms with Gasteiger partial charge in [0.1, 0.15) is 0 Å². The number of benzene rings is 4. The smallest absolute Gasteiger partial charge is 0.0710 e. The van der Waals surface area contributed by atoms with Crippen LogP contribution in [0.4, 0.5) is 0 Å². The molecule has 4 aromatic carbocycles. The molecule has 4 aliphatic carbocycles. The van der Waals surface area contributed by atoms with E-state index in [-0.39, 0.29) is 10.8 Å². The molecular weight excluding hydrogens is 801 g/mol. The number of hydrogen-bond donors (Lipinski definition) is 0. The van der Waals surface area contributed by atoms with Crippen LogP contribution in [0, 0.1) is 41.5 Å². The molecule has 2 unspecified atom stereocenters. The Kier molecular flexibility index (Phi) is 12.6. The molecule has 0 nitrogen and oxygen atoms in total. The minimum Gasteiger partial charge on any atom is -0.0803 e. The van der Waals surface area contributed by atoms with Crippen molar-refractivity contribution in [3.05, 3.63) is 175 Å². The van der Waals surface area contributed by atoms with Gasteiger partial charge in [0.2, 0.25) is 0 Å². The van der Waals surface area contributed by atoms with Crippen molar-refractivity contribution >= 4 is 27.3 Å². The van der Waals surface area contributed by atoms with Crippen LogP contribution >= 0.6 is 0 Å². The fourth-order valence-electron chi connectivity index (χ4n) is 12.2. The third-order valence-corrected chi connectivity index (χ3v) is 25.6. The first-order valence-corrected chi connectivity index (χ1v) is 30.6. The van der Waals surface area contributed by atoms with Gasteiger partial charge in [-0.05, 0) is 191 Å². The summed E-state index contributed by atoms with van der Waals surface area (Å²) in [5, 5.41) is 0. The van der Waals surface area contributed by atoms with E-state index in [0.29, 0.717) is 22.2 Å². The van der Waals surface area contributed by atoms with Crippen LogP contribution in [0.15, 0.2) is 108 Å². The van der Waals surface area contributed by atoms with E-state index in [4.69, 9.17) is 0 Å². The molecule has 64 heavy (non-hydrogen) atoms. The van der Waals surface area contributed by atoms with Gasteiger partial charge in [-0.25, -0.2) is 0 Å². The molecule has 2 heteroatoms. The van der Waals surface area contributed by atoms with Crippen molar-refractivity contribution in [1.82, 2.24) is 0 Å². The van der Waals surface area contributed by atoms with Crippen molar-refractivity contribution < 1.29 is 0 Å². The molecule has 4 aliphatic rings. The van der Waals surface area contributed by atoms with Crippen molar-refractivity contribution in [2.24, 2.45) is 0 Å². The van der Waals surface area contributed by atoms with Gasteiger partial charge in [-0.1, -0.05) is 176 Å². The predicted molar refractivity (Wildman–Crippen MR) is 291 cm³/mol. The number of rotatable bonds is 6. The molecule has 0 fully saturated rings. The lowest BCUT2D eigenvalue weighted by molar-refractivity contribution is 0.590. The van der Waals surface area contributed by atoms with Crippen molar-refractivity contribution in [2.75, 3.05) is 0 Å². The number of hydrogen-bond acceptors (Lipinski definition) is 0. The molecule has 0 aromatic heterocycles. The van der Waals surface area contributed by atoms with E-state index in [1.807, 2.05) is 0 Å². The van der Waals surface area contributed by atoms with E-state index in [0.717, 1.165) is 0 Å². The van der Waals surface area contributed by atoms with Crippen molar-refractivity contribution in [2.45, 2.75) is 170 Å².